The Morgan fingerprint density at radius 2 is 1.47 bits per heavy atom. The van der Waals surface area contributed by atoms with Crippen molar-refractivity contribution in [2.45, 2.75) is 157 Å². The van der Waals surface area contributed by atoms with Crippen LogP contribution in [0, 0.1) is 35.0 Å². The van der Waals surface area contributed by atoms with Crippen molar-refractivity contribution in [2.24, 2.45) is 35.0 Å². The Morgan fingerprint density at radius 1 is 0.925 bits per heavy atom. The fourth-order valence-corrected chi connectivity index (χ4v) is 16.6. The average molecular weight is 759 g/mol. The molecule has 5 rings (SSSR count). The molecule has 3 fully saturated rings. The topological polar surface area (TPSA) is 43.4 Å². The van der Waals surface area contributed by atoms with E-state index >= 15 is 0 Å². The van der Waals surface area contributed by atoms with Gasteiger partial charge in [0.1, 0.15) is 12.9 Å². The van der Waals surface area contributed by atoms with Crippen molar-refractivity contribution < 1.29 is 13.8 Å². The molecule has 3 aliphatic rings. The van der Waals surface area contributed by atoms with E-state index < -0.39 is 15.5 Å². The molecular formula is C48H75O3PSi. The molecule has 0 saturated heterocycles. The summed E-state index contributed by atoms with van der Waals surface area (Å²) in [5.74, 6) is 3.57. The molecule has 2 unspecified atom stereocenters. The third-order valence-corrected chi connectivity index (χ3v) is 21.9. The number of Topliss-reactive ketones (excluding diaryl/α,β-unsaturated/α-hetero) is 1. The van der Waals surface area contributed by atoms with Crippen molar-refractivity contribution in [3.05, 3.63) is 84.0 Å². The van der Waals surface area contributed by atoms with E-state index in [1.54, 1.807) is 5.57 Å². The second-order valence-corrected chi connectivity index (χ2v) is 25.6. The number of benzene rings is 2. The van der Waals surface area contributed by atoms with E-state index in [0.29, 0.717) is 29.7 Å². The lowest BCUT2D eigenvalue weighted by atomic mass is 9.62. The third-order valence-electron chi connectivity index (χ3n) is 14.1. The molecule has 2 aromatic carbocycles. The minimum Gasteiger partial charge on any atom is -0.412 e. The highest BCUT2D eigenvalue weighted by molar-refractivity contribution is 7.78. The van der Waals surface area contributed by atoms with Crippen LogP contribution in [0.1, 0.15) is 133 Å². The molecule has 3 nitrogen and oxygen atoms in total. The van der Waals surface area contributed by atoms with Crippen LogP contribution in [0.3, 0.4) is 0 Å². The first-order valence-electron chi connectivity index (χ1n) is 21.4. The molecule has 0 spiro atoms. The van der Waals surface area contributed by atoms with Gasteiger partial charge >= 0.3 is 0 Å². The van der Waals surface area contributed by atoms with Gasteiger partial charge in [-0.05, 0) is 113 Å². The zero-order valence-electron chi connectivity index (χ0n) is 35.4. The molecular weight excluding hydrogens is 684 g/mol. The molecule has 6 atom stereocenters. The van der Waals surface area contributed by atoms with E-state index in [9.17, 15) is 9.36 Å². The van der Waals surface area contributed by atoms with Crippen LogP contribution in [-0.4, -0.2) is 25.9 Å². The lowest BCUT2D eigenvalue weighted by Gasteiger charge is -2.42. The van der Waals surface area contributed by atoms with Crippen molar-refractivity contribution in [1.82, 2.24) is 0 Å². The Morgan fingerprint density at radius 3 is 1.98 bits per heavy atom. The molecule has 3 aliphatic carbocycles. The van der Waals surface area contributed by atoms with E-state index in [-0.39, 0.29) is 11.0 Å². The molecule has 0 N–H and O–H groups in total. The van der Waals surface area contributed by atoms with Gasteiger partial charge < -0.3 is 8.99 Å². The Balaban J connectivity index is 0.000000237. The second kappa shape index (κ2) is 19.2. The molecule has 5 heteroatoms. The Hall–Kier alpha value is -2.00. The highest BCUT2D eigenvalue weighted by Crippen LogP contribution is 2.57. The monoisotopic (exact) mass is 759 g/mol. The van der Waals surface area contributed by atoms with Crippen molar-refractivity contribution in [1.29, 1.82) is 0 Å². The molecule has 53 heavy (non-hydrogen) atoms. The summed E-state index contributed by atoms with van der Waals surface area (Å²) in [6.07, 6.45) is 16.7. The summed E-state index contributed by atoms with van der Waals surface area (Å²) in [4.78, 5) is 12.4. The third kappa shape index (κ3) is 10.6. The minimum absolute atomic E-state index is 0.0108. The standard InChI is InChI=1S/C24H46O2Si.C24H29OP/c1-8-27(9-2,10-3)26-23(5,6)17-11-13-19(4)20-15-16-21-22(25)14-12-18-24(20,21)7;1-4-24-19(2)17-21(18-20(24)3)15-16-26(25,22-11-7-5-8-12-22)23-13-9-6-10-14-23/h19-21H,8-18H2,1-7H3;4-15,19-20H,16-18H2,1-3H3/t19-,20?,21?,24-;19-,20-/m11/s1. The maximum absolute atomic E-state index is 14.1. The zero-order valence-corrected chi connectivity index (χ0v) is 37.3. The van der Waals surface area contributed by atoms with Crippen LogP contribution in [0.5, 0.6) is 0 Å². The zero-order chi connectivity index (χ0) is 38.9. The fraction of sp³-hybridized carbons (Fsp3) is 0.646. The molecule has 3 saturated carbocycles. The predicted octanol–water partition coefficient (Wildman–Crippen LogP) is 13.3. The number of carbonyl (C=O) groups is 1. The molecule has 2 aromatic rings. The van der Waals surface area contributed by atoms with Gasteiger partial charge in [0, 0.05) is 29.1 Å². The van der Waals surface area contributed by atoms with Gasteiger partial charge in [-0.2, -0.15) is 0 Å². The van der Waals surface area contributed by atoms with Crippen LogP contribution in [-0.2, 0) is 13.8 Å². The number of hydrogen-bond acceptors (Lipinski definition) is 3. The Kier molecular flexibility index (Phi) is 15.9. The molecule has 0 heterocycles. The van der Waals surface area contributed by atoms with Gasteiger partial charge in [0.2, 0.25) is 0 Å². The van der Waals surface area contributed by atoms with Crippen LogP contribution < -0.4 is 10.6 Å². The molecule has 294 valence electrons. The molecule has 0 aliphatic heterocycles. The summed E-state index contributed by atoms with van der Waals surface area (Å²) in [7, 11) is -4.18. The van der Waals surface area contributed by atoms with E-state index in [4.69, 9.17) is 4.43 Å². The number of ketones is 1. The summed E-state index contributed by atoms with van der Waals surface area (Å²) >= 11 is 0. The van der Waals surface area contributed by atoms with Gasteiger partial charge in [0.25, 0.3) is 0 Å². The first-order chi connectivity index (χ1) is 25.2. The maximum atomic E-state index is 14.1. The second-order valence-electron chi connectivity index (χ2n) is 18.0. The molecule has 0 bridgehead atoms. The van der Waals surface area contributed by atoms with Crippen LogP contribution in [0.25, 0.3) is 0 Å². The normalized spacial score (nSPS) is 25.7. The number of rotatable bonds is 14. The summed E-state index contributed by atoms with van der Waals surface area (Å²) in [5, 5.41) is 1.91. The molecule has 0 amide bonds. The van der Waals surface area contributed by atoms with E-state index in [1.807, 2.05) is 60.7 Å². The first-order valence-corrected chi connectivity index (χ1v) is 25.9. The summed E-state index contributed by atoms with van der Waals surface area (Å²) in [5.41, 5.74) is 3.32. The van der Waals surface area contributed by atoms with Gasteiger partial charge in [0.05, 0.1) is 5.60 Å². The van der Waals surface area contributed by atoms with Crippen molar-refractivity contribution >= 4 is 31.9 Å². The van der Waals surface area contributed by atoms with Gasteiger partial charge in [-0.1, -0.05) is 145 Å². The Labute approximate surface area is 326 Å². The summed E-state index contributed by atoms with van der Waals surface area (Å²) in [6, 6.07) is 23.7. The first kappa shape index (κ1) is 43.7. The summed E-state index contributed by atoms with van der Waals surface area (Å²) < 4.78 is 20.9. The lowest BCUT2D eigenvalue weighted by molar-refractivity contribution is -0.130. The summed E-state index contributed by atoms with van der Waals surface area (Å²) in [6.45, 7) is 23.2. The maximum Gasteiger partial charge on any atom is 0.192 e. The number of hydrogen-bond donors (Lipinski definition) is 0. The van der Waals surface area contributed by atoms with Crippen molar-refractivity contribution in [3.8, 4) is 0 Å². The van der Waals surface area contributed by atoms with E-state index in [0.717, 1.165) is 61.0 Å². The van der Waals surface area contributed by atoms with Crippen LogP contribution in [0.2, 0.25) is 18.1 Å². The number of allylic oxidation sites excluding steroid dienone is 4. The van der Waals surface area contributed by atoms with Crippen molar-refractivity contribution in [2.75, 3.05) is 6.16 Å². The average Bonchev–Trinajstić information content (AvgIpc) is 3.52. The smallest absolute Gasteiger partial charge is 0.192 e. The SMILES string of the molecule is CC=C1[C@H](C)CC(=CCP(=O)(c2ccccc2)c2ccccc2)C[C@H]1C.CC[Si](CC)(CC)OC(C)(C)CCC[C@@H](C)C1CCC2C(=O)CCC[C@@]21C. The van der Waals surface area contributed by atoms with Crippen LogP contribution in [0.4, 0.5) is 0 Å². The van der Waals surface area contributed by atoms with Gasteiger partial charge in [-0.3, -0.25) is 4.79 Å². The van der Waals surface area contributed by atoms with Crippen molar-refractivity contribution in [3.63, 3.8) is 0 Å². The fourth-order valence-electron chi connectivity index (χ4n) is 10.8. The van der Waals surface area contributed by atoms with E-state index in [2.05, 4.69) is 81.4 Å². The highest BCUT2D eigenvalue weighted by Gasteiger charge is 2.52. The van der Waals surface area contributed by atoms with Crippen LogP contribution >= 0.6 is 7.14 Å². The van der Waals surface area contributed by atoms with E-state index in [1.165, 1.54) is 49.4 Å². The van der Waals surface area contributed by atoms with Gasteiger partial charge in [0.15, 0.2) is 8.32 Å². The Bertz CT molecular complexity index is 1490. The van der Waals surface area contributed by atoms with Gasteiger partial charge in [-0.25, -0.2) is 0 Å². The largest absolute Gasteiger partial charge is 0.412 e. The number of carbonyl (C=O) groups excluding carboxylic acids is 1. The van der Waals surface area contributed by atoms with Crippen LogP contribution in [0.15, 0.2) is 84.0 Å². The lowest BCUT2D eigenvalue weighted by Crippen LogP contribution is -2.44. The minimum atomic E-state index is -2.64. The molecule has 0 radical (unpaired) electrons. The highest BCUT2D eigenvalue weighted by atomic mass is 31.2. The number of fused-ring (bicyclic) bond motifs is 1. The molecule has 0 aromatic heterocycles. The predicted molar refractivity (Wildman–Crippen MR) is 233 cm³/mol. The van der Waals surface area contributed by atoms with Gasteiger partial charge in [-0.15, -0.1) is 0 Å². The quantitative estimate of drug-likeness (QED) is 0.109.